The quantitative estimate of drug-likeness (QED) is 0.302. The largest absolute Gasteiger partial charge is 0.418 e. The molecule has 4 heterocycles. The molecule has 0 radical (unpaired) electrons. The monoisotopic (exact) mass is 590 g/mol. The summed E-state index contributed by atoms with van der Waals surface area (Å²) in [5, 5.41) is 8.36. The number of halogens is 5. The van der Waals surface area contributed by atoms with E-state index in [2.05, 4.69) is 10.2 Å². The topological polar surface area (TPSA) is 69.6 Å². The van der Waals surface area contributed by atoms with Gasteiger partial charge >= 0.3 is 11.9 Å². The predicted molar refractivity (Wildman–Crippen MR) is 144 cm³/mol. The SMILES string of the molecule is CO[C@H]1C[C@](c2cccc(-n3cc4c(C(F)(F)F)cc(CN5CCC(F)(F)[C@H](C)C5)cn4c3=O)c2)(c2nncn2C)C1. The zero-order chi connectivity index (χ0) is 30.0. The van der Waals surface area contributed by atoms with Crippen molar-refractivity contribution in [3.63, 3.8) is 0 Å². The van der Waals surface area contributed by atoms with E-state index in [1.807, 2.05) is 17.7 Å². The highest BCUT2D eigenvalue weighted by molar-refractivity contribution is 5.58. The fraction of sp³-hybridized carbons (Fsp3) is 0.483. The number of rotatable bonds is 6. The van der Waals surface area contributed by atoms with Gasteiger partial charge in [0.25, 0.3) is 5.92 Å². The van der Waals surface area contributed by atoms with E-state index >= 15 is 0 Å². The Morgan fingerprint density at radius 3 is 2.55 bits per heavy atom. The molecule has 2 aliphatic rings. The van der Waals surface area contributed by atoms with E-state index in [0.29, 0.717) is 18.5 Å². The van der Waals surface area contributed by atoms with Gasteiger partial charge in [-0.05, 0) is 42.2 Å². The summed E-state index contributed by atoms with van der Waals surface area (Å²) >= 11 is 0. The molecule has 6 rings (SSSR count). The third-order valence-corrected chi connectivity index (χ3v) is 8.85. The second-order valence-corrected chi connectivity index (χ2v) is 11.6. The maximum atomic E-state index is 14.3. The van der Waals surface area contributed by atoms with E-state index in [1.165, 1.54) is 23.9 Å². The van der Waals surface area contributed by atoms with Gasteiger partial charge in [0.05, 0.1) is 28.3 Å². The van der Waals surface area contributed by atoms with Crippen LogP contribution < -0.4 is 5.69 Å². The number of likely N-dealkylation sites (tertiary alicyclic amines) is 1. The number of ether oxygens (including phenoxy) is 1. The Kier molecular flexibility index (Phi) is 6.80. The first-order valence-electron chi connectivity index (χ1n) is 13.7. The summed E-state index contributed by atoms with van der Waals surface area (Å²) < 4.78 is 80.3. The maximum absolute atomic E-state index is 14.3. The lowest BCUT2D eigenvalue weighted by atomic mass is 9.62. The molecule has 0 amide bonds. The van der Waals surface area contributed by atoms with E-state index in [0.717, 1.165) is 21.9 Å². The van der Waals surface area contributed by atoms with Gasteiger partial charge in [-0.3, -0.25) is 13.9 Å². The highest BCUT2D eigenvalue weighted by Gasteiger charge is 2.50. The zero-order valence-electron chi connectivity index (χ0n) is 23.4. The first-order valence-corrected chi connectivity index (χ1v) is 13.7. The number of methoxy groups -OCH3 is 1. The van der Waals surface area contributed by atoms with Gasteiger partial charge in [0.1, 0.15) is 12.2 Å². The summed E-state index contributed by atoms with van der Waals surface area (Å²) in [7, 11) is 3.49. The van der Waals surface area contributed by atoms with Crippen molar-refractivity contribution in [1.29, 1.82) is 0 Å². The second kappa shape index (κ2) is 10.0. The van der Waals surface area contributed by atoms with Gasteiger partial charge in [-0.15, -0.1) is 10.2 Å². The third kappa shape index (κ3) is 4.72. The highest BCUT2D eigenvalue weighted by atomic mass is 19.4. The standard InChI is InChI=1S/C29H31F5N6O2/c1-18-13-38(8-7-28(18,30)31)14-19-9-23(29(32,33)34)24-16-39(26(41)40(24)15-19)21-6-4-5-20(10-21)27(11-22(12-27)42-3)25-36-35-17-37(25)2/h4-6,9-10,15-18,22H,7-8,11-14H2,1-3H3/t18-,22-,27-/m1/s1. The van der Waals surface area contributed by atoms with Crippen molar-refractivity contribution >= 4 is 5.52 Å². The van der Waals surface area contributed by atoms with Crippen LogP contribution in [0, 0.1) is 5.92 Å². The van der Waals surface area contributed by atoms with E-state index in [1.54, 1.807) is 36.5 Å². The van der Waals surface area contributed by atoms with Gasteiger partial charge in [0.2, 0.25) is 0 Å². The number of aromatic nitrogens is 5. The van der Waals surface area contributed by atoms with Crippen LogP contribution >= 0.6 is 0 Å². The Morgan fingerprint density at radius 2 is 1.90 bits per heavy atom. The lowest BCUT2D eigenvalue weighted by Gasteiger charge is -2.46. The number of hydrogen-bond acceptors (Lipinski definition) is 5. The van der Waals surface area contributed by atoms with Gasteiger partial charge in [-0.2, -0.15) is 13.2 Å². The molecule has 1 saturated heterocycles. The minimum atomic E-state index is -4.74. The fourth-order valence-electron chi connectivity index (χ4n) is 6.41. The number of fused-ring (bicyclic) bond motifs is 1. The van der Waals surface area contributed by atoms with Gasteiger partial charge < -0.3 is 9.30 Å². The summed E-state index contributed by atoms with van der Waals surface area (Å²) in [5.74, 6) is -3.00. The van der Waals surface area contributed by atoms with Crippen LogP contribution in [0.5, 0.6) is 0 Å². The number of alkyl halides is 5. The molecule has 1 aromatic carbocycles. The van der Waals surface area contributed by atoms with Crippen molar-refractivity contribution in [3.05, 3.63) is 82.1 Å². The van der Waals surface area contributed by atoms with Crippen molar-refractivity contribution in [2.24, 2.45) is 13.0 Å². The lowest BCUT2D eigenvalue weighted by molar-refractivity contribution is -0.136. The molecule has 3 aromatic heterocycles. The maximum Gasteiger partial charge on any atom is 0.418 e. The van der Waals surface area contributed by atoms with Gasteiger partial charge in [0, 0.05) is 58.5 Å². The molecule has 42 heavy (non-hydrogen) atoms. The van der Waals surface area contributed by atoms with Crippen LogP contribution in [0.4, 0.5) is 22.0 Å². The molecule has 2 fully saturated rings. The first kappa shape index (κ1) is 28.5. The summed E-state index contributed by atoms with van der Waals surface area (Å²) in [6.45, 7) is 1.55. The number of nitrogens with zero attached hydrogens (tertiary/aromatic N) is 6. The van der Waals surface area contributed by atoms with Gasteiger partial charge in [-0.25, -0.2) is 13.6 Å². The van der Waals surface area contributed by atoms with Crippen LogP contribution in [-0.2, 0) is 29.9 Å². The van der Waals surface area contributed by atoms with Crippen LogP contribution in [0.3, 0.4) is 0 Å². The summed E-state index contributed by atoms with van der Waals surface area (Å²) in [6.07, 6.45) is 0.358. The molecule has 1 aliphatic heterocycles. The molecule has 224 valence electrons. The zero-order valence-corrected chi connectivity index (χ0v) is 23.4. The van der Waals surface area contributed by atoms with Crippen LogP contribution in [0.1, 0.15) is 48.7 Å². The van der Waals surface area contributed by atoms with Crippen LogP contribution in [-0.4, -0.2) is 60.9 Å². The third-order valence-electron chi connectivity index (χ3n) is 8.85. The van der Waals surface area contributed by atoms with Crippen molar-refractivity contribution < 1.29 is 26.7 Å². The number of benzene rings is 1. The number of pyridine rings is 1. The minimum Gasteiger partial charge on any atom is -0.381 e. The van der Waals surface area contributed by atoms with E-state index < -0.39 is 34.7 Å². The smallest absolute Gasteiger partial charge is 0.381 e. The minimum absolute atomic E-state index is 0.00651. The van der Waals surface area contributed by atoms with E-state index in [9.17, 15) is 26.7 Å². The summed E-state index contributed by atoms with van der Waals surface area (Å²) in [6, 6.07) is 8.15. The van der Waals surface area contributed by atoms with Crippen LogP contribution in [0.15, 0.2) is 53.8 Å². The number of aryl methyl sites for hydroxylation is 1. The molecule has 8 nitrogen and oxygen atoms in total. The second-order valence-electron chi connectivity index (χ2n) is 11.6. The molecule has 1 saturated carbocycles. The first-order chi connectivity index (χ1) is 19.8. The number of piperidine rings is 1. The Bertz CT molecular complexity index is 1680. The molecule has 0 spiro atoms. The molecular weight excluding hydrogens is 559 g/mol. The molecule has 1 aliphatic carbocycles. The molecule has 13 heteroatoms. The van der Waals surface area contributed by atoms with E-state index in [-0.39, 0.29) is 43.2 Å². The average molecular weight is 591 g/mol. The summed E-state index contributed by atoms with van der Waals surface area (Å²) in [5.41, 5.74) is -0.959. The predicted octanol–water partition coefficient (Wildman–Crippen LogP) is 4.81. The van der Waals surface area contributed by atoms with Crippen LogP contribution in [0.2, 0.25) is 0 Å². The Hall–Kier alpha value is -3.58. The lowest BCUT2D eigenvalue weighted by Crippen LogP contribution is -2.48. The molecule has 1 atom stereocenters. The Balaban J connectivity index is 1.41. The molecule has 0 N–H and O–H groups in total. The molecule has 0 bridgehead atoms. The van der Waals surface area contributed by atoms with Crippen molar-refractivity contribution in [2.75, 3.05) is 20.2 Å². The van der Waals surface area contributed by atoms with Gasteiger partial charge in [0.15, 0.2) is 0 Å². The molecule has 0 unspecified atom stereocenters. The number of imidazole rings is 1. The Labute approximate surface area is 238 Å². The van der Waals surface area contributed by atoms with E-state index in [4.69, 9.17) is 4.74 Å². The van der Waals surface area contributed by atoms with Crippen molar-refractivity contribution in [1.82, 2.24) is 28.6 Å². The number of hydrogen-bond donors (Lipinski definition) is 0. The Morgan fingerprint density at radius 1 is 1.14 bits per heavy atom. The fourth-order valence-corrected chi connectivity index (χ4v) is 6.41. The molecular formula is C29H31F5N6O2. The summed E-state index contributed by atoms with van der Waals surface area (Å²) in [4.78, 5) is 15.3. The normalized spacial score (nSPS) is 24.7. The van der Waals surface area contributed by atoms with Gasteiger partial charge in [-0.1, -0.05) is 19.1 Å². The van der Waals surface area contributed by atoms with Crippen molar-refractivity contribution in [2.45, 2.75) is 56.3 Å². The highest BCUT2D eigenvalue weighted by Crippen LogP contribution is 2.49. The van der Waals surface area contributed by atoms with Crippen molar-refractivity contribution in [3.8, 4) is 5.69 Å². The average Bonchev–Trinajstić information content (AvgIpc) is 3.49. The molecule has 4 aromatic rings. The van der Waals surface area contributed by atoms with Crippen LogP contribution in [0.25, 0.3) is 11.2 Å².